The van der Waals surface area contributed by atoms with E-state index in [0.717, 1.165) is 18.8 Å². The van der Waals surface area contributed by atoms with E-state index in [1.807, 2.05) is 12.1 Å². The molecule has 1 aliphatic heterocycles. The van der Waals surface area contributed by atoms with Crippen LogP contribution in [-0.4, -0.2) is 38.7 Å². The fourth-order valence-electron chi connectivity index (χ4n) is 3.69. The van der Waals surface area contributed by atoms with E-state index in [2.05, 4.69) is 40.9 Å². The first-order valence-corrected chi connectivity index (χ1v) is 12.1. The molecule has 1 fully saturated rings. The van der Waals surface area contributed by atoms with Crippen LogP contribution in [0.3, 0.4) is 0 Å². The Morgan fingerprint density at radius 1 is 1.07 bits per heavy atom. The Balaban J connectivity index is 1.73. The van der Waals surface area contributed by atoms with Crippen molar-refractivity contribution in [3.63, 3.8) is 0 Å². The number of hydrogen-bond acceptors (Lipinski definition) is 4. The maximum absolute atomic E-state index is 12.1. The van der Waals surface area contributed by atoms with Gasteiger partial charge in [0.15, 0.2) is 0 Å². The molecule has 7 heteroatoms. The zero-order valence-electron chi connectivity index (χ0n) is 18.5. The molecule has 0 aromatic heterocycles. The molecule has 0 spiro atoms. The van der Waals surface area contributed by atoms with Crippen LogP contribution in [0.25, 0.3) is 0 Å². The van der Waals surface area contributed by atoms with Crippen molar-refractivity contribution in [3.05, 3.63) is 24.3 Å². The third-order valence-corrected chi connectivity index (χ3v) is 7.51. The van der Waals surface area contributed by atoms with E-state index in [9.17, 15) is 13.2 Å². The van der Waals surface area contributed by atoms with Gasteiger partial charge < -0.3 is 10.2 Å². The highest BCUT2D eigenvalue weighted by Gasteiger charge is 2.28. The van der Waals surface area contributed by atoms with Crippen LogP contribution in [0.1, 0.15) is 60.3 Å². The lowest BCUT2D eigenvalue weighted by Gasteiger charge is -2.36. The first-order chi connectivity index (χ1) is 13.5. The van der Waals surface area contributed by atoms with Crippen LogP contribution >= 0.6 is 0 Å². The molecule has 2 atom stereocenters. The van der Waals surface area contributed by atoms with Gasteiger partial charge in [-0.3, -0.25) is 4.79 Å². The first-order valence-electron chi connectivity index (χ1n) is 10.6. The number of carbonyl (C=O) groups is 1. The van der Waals surface area contributed by atoms with Crippen molar-refractivity contribution in [1.29, 1.82) is 0 Å². The van der Waals surface area contributed by atoms with Gasteiger partial charge in [0.25, 0.3) is 0 Å². The van der Waals surface area contributed by atoms with E-state index in [1.165, 1.54) is 12.1 Å². The van der Waals surface area contributed by atoms with Gasteiger partial charge in [-0.1, -0.05) is 13.8 Å². The van der Waals surface area contributed by atoms with E-state index >= 15 is 0 Å². The maximum atomic E-state index is 12.1. The van der Waals surface area contributed by atoms with Crippen LogP contribution in [0.5, 0.6) is 0 Å². The fraction of sp³-hybridized carbons (Fsp3) is 0.682. The molecule has 0 unspecified atom stereocenters. The van der Waals surface area contributed by atoms with Crippen molar-refractivity contribution >= 4 is 27.3 Å². The number of amides is 1. The van der Waals surface area contributed by atoms with Gasteiger partial charge in [-0.25, -0.2) is 13.1 Å². The lowest BCUT2D eigenvalue weighted by molar-refractivity contribution is -0.116. The third-order valence-electron chi connectivity index (χ3n) is 5.31. The van der Waals surface area contributed by atoms with Gasteiger partial charge in [-0.2, -0.15) is 0 Å². The minimum absolute atomic E-state index is 0.0448. The summed E-state index contributed by atoms with van der Waals surface area (Å²) in [6, 6.07) is 8.05. The summed E-state index contributed by atoms with van der Waals surface area (Å²) in [5.74, 6) is 1.36. The van der Waals surface area contributed by atoms with Crippen molar-refractivity contribution in [2.75, 3.05) is 29.9 Å². The molecular formula is C22H37N3O3S. The third kappa shape index (κ3) is 7.30. The summed E-state index contributed by atoms with van der Waals surface area (Å²) in [7, 11) is -3.32. The van der Waals surface area contributed by atoms with Crippen LogP contribution in [0.2, 0.25) is 0 Å². The Bertz CT molecular complexity index is 759. The second-order valence-electron chi connectivity index (χ2n) is 9.41. The Labute approximate surface area is 176 Å². The number of piperidine rings is 1. The molecular weight excluding hydrogens is 386 g/mol. The molecule has 0 bridgehead atoms. The predicted octanol–water partition coefficient (Wildman–Crippen LogP) is 4.00. The molecule has 1 aromatic carbocycles. The Morgan fingerprint density at radius 2 is 1.66 bits per heavy atom. The maximum Gasteiger partial charge on any atom is 0.224 e. The molecule has 2 N–H and O–H groups in total. The summed E-state index contributed by atoms with van der Waals surface area (Å²) in [6.45, 7) is 12.1. The van der Waals surface area contributed by atoms with E-state index in [1.54, 1.807) is 20.8 Å². The molecule has 0 aliphatic carbocycles. The van der Waals surface area contributed by atoms with E-state index in [4.69, 9.17) is 0 Å². The van der Waals surface area contributed by atoms with Crippen LogP contribution in [0, 0.1) is 11.8 Å². The highest BCUT2D eigenvalue weighted by atomic mass is 32.2. The van der Waals surface area contributed by atoms with Gasteiger partial charge in [-0.15, -0.1) is 0 Å². The number of carbonyl (C=O) groups excluding carboxylic acids is 1. The lowest BCUT2D eigenvalue weighted by atomic mass is 9.91. The van der Waals surface area contributed by atoms with Gasteiger partial charge >= 0.3 is 0 Å². The van der Waals surface area contributed by atoms with E-state index in [-0.39, 0.29) is 5.91 Å². The largest absolute Gasteiger partial charge is 0.371 e. The molecule has 2 rings (SSSR count). The molecule has 164 valence electrons. The lowest BCUT2D eigenvalue weighted by Crippen LogP contribution is -2.39. The zero-order chi connectivity index (χ0) is 21.7. The van der Waals surface area contributed by atoms with Crippen LogP contribution in [0.15, 0.2) is 24.3 Å². The summed E-state index contributed by atoms with van der Waals surface area (Å²) in [4.78, 5) is 14.6. The van der Waals surface area contributed by atoms with Crippen molar-refractivity contribution in [1.82, 2.24) is 4.72 Å². The van der Waals surface area contributed by atoms with Gasteiger partial charge in [0, 0.05) is 37.4 Å². The minimum atomic E-state index is -3.32. The molecule has 1 aliphatic rings. The van der Waals surface area contributed by atoms with Gasteiger partial charge in [0.05, 0.1) is 4.75 Å². The quantitative estimate of drug-likeness (QED) is 0.620. The predicted molar refractivity (Wildman–Crippen MR) is 121 cm³/mol. The first kappa shape index (κ1) is 23.7. The molecule has 1 amide bonds. The standard InChI is InChI=1S/C22H37N3O3S/c1-17-14-18(2)16-25(15-17)20-11-9-19(10-12-20)24-21(26)8-6-7-13-23-29(27,28)22(3,4)5/h9-12,17-18,23H,6-8,13-16H2,1-5H3,(H,24,26)/t17-,18-/m1/s1. The Hall–Kier alpha value is -1.60. The summed E-state index contributed by atoms with van der Waals surface area (Å²) in [5.41, 5.74) is 2.00. The molecule has 1 aromatic rings. The Kier molecular flexibility index (Phi) is 8.11. The Morgan fingerprint density at radius 3 is 2.21 bits per heavy atom. The van der Waals surface area contributed by atoms with Gasteiger partial charge in [0.2, 0.25) is 15.9 Å². The summed E-state index contributed by atoms with van der Waals surface area (Å²) < 4.78 is 25.7. The molecule has 0 saturated carbocycles. The second kappa shape index (κ2) is 9.94. The highest BCUT2D eigenvalue weighted by molar-refractivity contribution is 7.90. The molecule has 1 saturated heterocycles. The zero-order valence-corrected chi connectivity index (χ0v) is 19.3. The summed E-state index contributed by atoms with van der Waals surface area (Å²) >= 11 is 0. The molecule has 1 heterocycles. The van der Waals surface area contributed by atoms with Gasteiger partial charge in [0.1, 0.15) is 0 Å². The van der Waals surface area contributed by atoms with Crippen LogP contribution in [-0.2, 0) is 14.8 Å². The summed E-state index contributed by atoms with van der Waals surface area (Å²) in [6.07, 6.45) is 2.93. The highest BCUT2D eigenvalue weighted by Crippen LogP contribution is 2.27. The average Bonchev–Trinajstić information content (AvgIpc) is 2.60. The van der Waals surface area contributed by atoms with E-state index < -0.39 is 14.8 Å². The number of hydrogen-bond donors (Lipinski definition) is 2. The number of nitrogens with zero attached hydrogens (tertiary/aromatic N) is 1. The smallest absolute Gasteiger partial charge is 0.224 e. The number of nitrogens with one attached hydrogen (secondary N) is 2. The molecule has 6 nitrogen and oxygen atoms in total. The van der Waals surface area contributed by atoms with Crippen molar-refractivity contribution < 1.29 is 13.2 Å². The number of unbranched alkanes of at least 4 members (excludes halogenated alkanes) is 1. The summed E-state index contributed by atoms with van der Waals surface area (Å²) in [5, 5.41) is 2.92. The fourth-order valence-corrected chi connectivity index (χ4v) is 4.53. The monoisotopic (exact) mass is 423 g/mol. The number of sulfonamides is 1. The van der Waals surface area contributed by atoms with Crippen molar-refractivity contribution in [3.8, 4) is 0 Å². The topological polar surface area (TPSA) is 78.5 Å². The number of benzene rings is 1. The van der Waals surface area contributed by atoms with Crippen molar-refractivity contribution in [2.24, 2.45) is 11.8 Å². The normalized spacial score (nSPS) is 20.5. The molecule has 0 radical (unpaired) electrons. The van der Waals surface area contributed by atoms with Crippen LogP contribution in [0.4, 0.5) is 11.4 Å². The minimum Gasteiger partial charge on any atom is -0.371 e. The second-order valence-corrected chi connectivity index (χ2v) is 11.9. The molecule has 29 heavy (non-hydrogen) atoms. The van der Waals surface area contributed by atoms with E-state index in [0.29, 0.717) is 37.6 Å². The van der Waals surface area contributed by atoms with Gasteiger partial charge in [-0.05, 0) is 76.1 Å². The number of rotatable bonds is 8. The SMILES string of the molecule is C[C@@H]1C[C@@H](C)CN(c2ccc(NC(=O)CCCCNS(=O)(=O)C(C)(C)C)cc2)C1. The van der Waals surface area contributed by atoms with Crippen molar-refractivity contribution in [2.45, 2.75) is 65.0 Å². The number of anilines is 2. The average molecular weight is 424 g/mol. The van der Waals surface area contributed by atoms with Crippen LogP contribution < -0.4 is 14.9 Å².